The molecule has 1 aliphatic heterocycles. The number of anilines is 1. The van der Waals surface area contributed by atoms with Gasteiger partial charge in [-0.2, -0.15) is 0 Å². The number of halogens is 1. The van der Waals surface area contributed by atoms with Crippen LogP contribution in [0.4, 0.5) is 14.9 Å². The lowest BCUT2D eigenvalue weighted by atomic mass is 10.2. The van der Waals surface area contributed by atoms with Crippen LogP contribution >= 0.6 is 0 Å². The van der Waals surface area contributed by atoms with E-state index in [0.29, 0.717) is 24.7 Å². The zero-order valence-corrected chi connectivity index (χ0v) is 17.4. The number of amides is 2. The maximum absolute atomic E-state index is 13.4. The fraction of sp³-hybridized carbons (Fsp3) is 0.250. The van der Waals surface area contributed by atoms with Crippen LogP contribution in [0.3, 0.4) is 0 Å². The van der Waals surface area contributed by atoms with Crippen molar-refractivity contribution in [3.05, 3.63) is 83.8 Å². The number of ether oxygens (including phenoxy) is 1. The lowest BCUT2D eigenvalue weighted by Gasteiger charge is -2.36. The second-order valence-corrected chi connectivity index (χ2v) is 7.50. The first-order valence-electron chi connectivity index (χ1n) is 10.3. The molecule has 0 saturated carbocycles. The molecule has 0 atom stereocenters. The Morgan fingerprint density at radius 3 is 2.65 bits per heavy atom. The van der Waals surface area contributed by atoms with Crippen molar-refractivity contribution in [3.63, 3.8) is 0 Å². The average molecular weight is 420 g/mol. The van der Waals surface area contributed by atoms with Gasteiger partial charge < -0.3 is 19.9 Å². The van der Waals surface area contributed by atoms with Gasteiger partial charge in [0, 0.05) is 56.2 Å². The molecule has 2 heterocycles. The molecule has 1 N–H and O–H groups in total. The van der Waals surface area contributed by atoms with Crippen LogP contribution in [0, 0.1) is 12.7 Å². The van der Waals surface area contributed by atoms with Crippen LogP contribution in [0.1, 0.15) is 11.1 Å². The van der Waals surface area contributed by atoms with Gasteiger partial charge in [-0.05, 0) is 42.8 Å². The summed E-state index contributed by atoms with van der Waals surface area (Å²) in [4.78, 5) is 21.0. The van der Waals surface area contributed by atoms with Crippen molar-refractivity contribution in [3.8, 4) is 11.6 Å². The molecule has 1 aromatic heterocycles. The summed E-state index contributed by atoms with van der Waals surface area (Å²) in [5.41, 5.74) is 3.14. The van der Waals surface area contributed by atoms with Crippen molar-refractivity contribution in [1.29, 1.82) is 0 Å². The number of aromatic nitrogens is 1. The van der Waals surface area contributed by atoms with Crippen molar-refractivity contribution in [1.82, 2.24) is 15.2 Å². The maximum atomic E-state index is 13.4. The van der Waals surface area contributed by atoms with Crippen LogP contribution in [0.2, 0.25) is 0 Å². The zero-order chi connectivity index (χ0) is 21.6. The van der Waals surface area contributed by atoms with Gasteiger partial charge in [0.2, 0.25) is 5.88 Å². The molecule has 0 bridgehead atoms. The first-order valence-corrected chi connectivity index (χ1v) is 10.3. The number of pyridine rings is 1. The molecule has 3 aromatic rings. The summed E-state index contributed by atoms with van der Waals surface area (Å²) < 4.78 is 19.1. The third-order valence-corrected chi connectivity index (χ3v) is 5.22. The monoisotopic (exact) mass is 420 g/mol. The molecule has 2 amide bonds. The van der Waals surface area contributed by atoms with E-state index in [1.807, 2.05) is 11.0 Å². The minimum Gasteiger partial charge on any atom is -0.439 e. The molecule has 1 fully saturated rings. The van der Waals surface area contributed by atoms with Crippen molar-refractivity contribution in [2.75, 3.05) is 31.1 Å². The van der Waals surface area contributed by atoms with Gasteiger partial charge >= 0.3 is 6.03 Å². The molecule has 6 nitrogen and oxygen atoms in total. The number of nitrogens with zero attached hydrogens (tertiary/aromatic N) is 3. The van der Waals surface area contributed by atoms with Crippen molar-refractivity contribution in [2.24, 2.45) is 0 Å². The molecule has 7 heteroatoms. The normalized spacial score (nSPS) is 13.7. The van der Waals surface area contributed by atoms with E-state index in [2.05, 4.69) is 46.4 Å². The van der Waals surface area contributed by atoms with Gasteiger partial charge in [0.05, 0.1) is 0 Å². The number of hydrogen-bond acceptors (Lipinski definition) is 4. The lowest BCUT2D eigenvalue weighted by Crippen LogP contribution is -2.51. The third kappa shape index (κ3) is 5.31. The van der Waals surface area contributed by atoms with E-state index in [4.69, 9.17) is 4.74 Å². The van der Waals surface area contributed by atoms with Gasteiger partial charge in [-0.25, -0.2) is 14.2 Å². The number of hydrogen-bond donors (Lipinski definition) is 1. The highest BCUT2D eigenvalue weighted by Gasteiger charge is 2.21. The van der Waals surface area contributed by atoms with Crippen LogP contribution in [0.5, 0.6) is 11.6 Å². The van der Waals surface area contributed by atoms with Gasteiger partial charge in [0.25, 0.3) is 0 Å². The SMILES string of the molecule is Cc1cccc(N2CCN(C(=O)NCc3cccnc3Oc3cccc(F)c3)CC2)c1. The second-order valence-electron chi connectivity index (χ2n) is 7.50. The summed E-state index contributed by atoms with van der Waals surface area (Å²) in [6, 6.07) is 17.8. The Balaban J connectivity index is 1.32. The van der Waals surface area contributed by atoms with E-state index in [-0.39, 0.29) is 18.4 Å². The Bertz CT molecular complexity index is 1050. The van der Waals surface area contributed by atoms with E-state index in [9.17, 15) is 9.18 Å². The van der Waals surface area contributed by atoms with Gasteiger partial charge in [0.1, 0.15) is 11.6 Å². The molecule has 0 radical (unpaired) electrons. The number of carbonyl (C=O) groups excluding carboxylic acids is 1. The topological polar surface area (TPSA) is 57.7 Å². The maximum Gasteiger partial charge on any atom is 0.317 e. The summed E-state index contributed by atoms with van der Waals surface area (Å²) in [6.07, 6.45) is 1.60. The first-order chi connectivity index (χ1) is 15.1. The summed E-state index contributed by atoms with van der Waals surface area (Å²) in [7, 11) is 0. The number of piperazine rings is 1. The molecule has 0 aliphatic carbocycles. The standard InChI is InChI=1S/C24H25FN4O2/c1-18-5-2-8-21(15-18)28-11-13-29(14-12-28)24(30)27-17-19-6-4-10-26-23(19)31-22-9-3-7-20(25)16-22/h2-10,15-16H,11-14,17H2,1H3,(H,27,30). The Hall–Kier alpha value is -3.61. The molecule has 0 spiro atoms. The fourth-order valence-corrected chi connectivity index (χ4v) is 3.57. The van der Waals surface area contributed by atoms with E-state index in [0.717, 1.165) is 18.7 Å². The number of benzene rings is 2. The lowest BCUT2D eigenvalue weighted by molar-refractivity contribution is 0.194. The van der Waals surface area contributed by atoms with Gasteiger partial charge in [0.15, 0.2) is 0 Å². The quantitative estimate of drug-likeness (QED) is 0.667. The van der Waals surface area contributed by atoms with Crippen molar-refractivity contribution < 1.29 is 13.9 Å². The van der Waals surface area contributed by atoms with E-state index in [1.54, 1.807) is 24.4 Å². The number of carbonyl (C=O) groups is 1. The average Bonchev–Trinajstić information content (AvgIpc) is 2.78. The Kier molecular flexibility index (Phi) is 6.31. The highest BCUT2D eigenvalue weighted by Crippen LogP contribution is 2.23. The van der Waals surface area contributed by atoms with Crippen LogP contribution in [-0.2, 0) is 6.54 Å². The van der Waals surface area contributed by atoms with Crippen LogP contribution in [0.15, 0.2) is 66.9 Å². The molecular weight excluding hydrogens is 395 g/mol. The van der Waals surface area contributed by atoms with Crippen molar-refractivity contribution in [2.45, 2.75) is 13.5 Å². The van der Waals surface area contributed by atoms with Gasteiger partial charge in [-0.15, -0.1) is 0 Å². The van der Waals surface area contributed by atoms with Crippen LogP contribution in [-0.4, -0.2) is 42.1 Å². The summed E-state index contributed by atoms with van der Waals surface area (Å²) in [5.74, 6) is 0.323. The highest BCUT2D eigenvalue weighted by atomic mass is 19.1. The Morgan fingerprint density at radius 2 is 1.87 bits per heavy atom. The molecule has 1 aliphatic rings. The minimum atomic E-state index is -0.381. The number of nitrogens with one attached hydrogen (secondary N) is 1. The molecule has 4 rings (SSSR count). The fourth-order valence-electron chi connectivity index (χ4n) is 3.57. The smallest absolute Gasteiger partial charge is 0.317 e. The zero-order valence-electron chi connectivity index (χ0n) is 17.4. The highest BCUT2D eigenvalue weighted by molar-refractivity contribution is 5.74. The Morgan fingerprint density at radius 1 is 1.06 bits per heavy atom. The third-order valence-electron chi connectivity index (χ3n) is 5.22. The first kappa shape index (κ1) is 20.7. The minimum absolute atomic E-state index is 0.121. The number of aryl methyl sites for hydroxylation is 1. The second kappa shape index (κ2) is 9.47. The summed E-state index contributed by atoms with van der Waals surface area (Å²) in [5, 5.41) is 2.94. The van der Waals surface area contributed by atoms with E-state index < -0.39 is 0 Å². The molecule has 31 heavy (non-hydrogen) atoms. The van der Waals surface area contributed by atoms with Crippen molar-refractivity contribution >= 4 is 11.7 Å². The largest absolute Gasteiger partial charge is 0.439 e. The Labute approximate surface area is 181 Å². The summed E-state index contributed by atoms with van der Waals surface area (Å²) >= 11 is 0. The van der Waals surface area contributed by atoms with Crippen LogP contribution < -0.4 is 15.0 Å². The summed E-state index contributed by atoms with van der Waals surface area (Å²) in [6.45, 7) is 5.24. The molecular formula is C24H25FN4O2. The van der Waals surface area contributed by atoms with Gasteiger partial charge in [-0.1, -0.05) is 24.3 Å². The molecule has 160 valence electrons. The van der Waals surface area contributed by atoms with E-state index >= 15 is 0 Å². The molecule has 2 aromatic carbocycles. The van der Waals surface area contributed by atoms with E-state index in [1.165, 1.54) is 23.4 Å². The number of urea groups is 1. The van der Waals surface area contributed by atoms with Gasteiger partial charge in [-0.3, -0.25) is 0 Å². The molecule has 0 unspecified atom stereocenters. The number of rotatable bonds is 5. The predicted octanol–water partition coefficient (Wildman–Crippen LogP) is 4.35. The molecule has 1 saturated heterocycles. The van der Waals surface area contributed by atoms with Crippen LogP contribution in [0.25, 0.3) is 0 Å². The predicted molar refractivity (Wildman–Crippen MR) is 118 cm³/mol.